The minimum absolute atomic E-state index is 0.102. The lowest BCUT2D eigenvalue weighted by Crippen LogP contribution is -2.12. The molecule has 0 atom stereocenters. The highest BCUT2D eigenvalue weighted by Crippen LogP contribution is 2.26. The summed E-state index contributed by atoms with van der Waals surface area (Å²) in [7, 11) is 1.57. The summed E-state index contributed by atoms with van der Waals surface area (Å²) in [6, 6.07) is 7.31. The number of nitrogen functional groups attached to an aromatic ring is 1. The number of hydrazone groups is 1. The third-order valence-electron chi connectivity index (χ3n) is 3.34. The monoisotopic (exact) mass is 324 g/mol. The van der Waals surface area contributed by atoms with E-state index in [0.717, 1.165) is 11.1 Å². The molecule has 1 aromatic carbocycles. The summed E-state index contributed by atoms with van der Waals surface area (Å²) >= 11 is 0. The number of rotatable bonds is 5. The Kier molecular flexibility index (Phi) is 4.32. The van der Waals surface area contributed by atoms with Crippen LogP contribution >= 0.6 is 0 Å². The molecule has 0 fully saturated rings. The summed E-state index contributed by atoms with van der Waals surface area (Å²) in [5.74, 6) is 6.21. The molecule has 0 spiro atoms. The number of hydrogen-bond acceptors (Lipinski definition) is 8. The van der Waals surface area contributed by atoms with Gasteiger partial charge in [-0.1, -0.05) is 12.1 Å². The second kappa shape index (κ2) is 6.73. The average Bonchev–Trinajstić information content (AvgIpc) is 3.11. The van der Waals surface area contributed by atoms with E-state index < -0.39 is 0 Å². The Bertz CT molecular complexity index is 901. The Morgan fingerprint density at radius 1 is 1.33 bits per heavy atom. The molecule has 24 heavy (non-hydrogen) atoms. The number of aliphatic imine (C=N–C) groups is 1. The summed E-state index contributed by atoms with van der Waals surface area (Å²) in [6.45, 7) is 0.417. The topological polar surface area (TPSA) is 140 Å². The molecule has 3 rings (SSSR count). The Balaban J connectivity index is 2.01. The summed E-state index contributed by atoms with van der Waals surface area (Å²) in [5, 5.41) is 11.2. The van der Waals surface area contributed by atoms with E-state index in [1.807, 2.05) is 18.2 Å². The lowest BCUT2D eigenvalue weighted by atomic mass is 10.1. The molecule has 0 unspecified atom stereocenters. The van der Waals surface area contributed by atoms with Gasteiger partial charge in [-0.3, -0.25) is 10.1 Å². The van der Waals surface area contributed by atoms with E-state index in [1.165, 1.54) is 0 Å². The van der Waals surface area contributed by atoms with Crippen LogP contribution in [0.2, 0.25) is 0 Å². The molecule has 0 aliphatic carbocycles. The second-order valence-corrected chi connectivity index (χ2v) is 4.85. The van der Waals surface area contributed by atoms with Crippen molar-refractivity contribution in [1.29, 1.82) is 0 Å². The fourth-order valence-electron chi connectivity index (χ4n) is 2.26. The van der Waals surface area contributed by atoms with E-state index in [2.05, 4.69) is 30.3 Å². The van der Waals surface area contributed by atoms with Crippen LogP contribution < -0.4 is 16.3 Å². The van der Waals surface area contributed by atoms with Crippen molar-refractivity contribution >= 4 is 28.8 Å². The quantitative estimate of drug-likeness (QED) is 0.361. The Morgan fingerprint density at radius 2 is 2.21 bits per heavy atom. The average molecular weight is 324 g/mol. The molecule has 0 aliphatic rings. The number of nitrogens with two attached hydrogens (primary N) is 2. The molecule has 3 aromatic rings. The number of para-hydroxylation sites is 1. The van der Waals surface area contributed by atoms with Gasteiger partial charge in [-0.05, 0) is 12.1 Å². The number of nitrogens with zero attached hydrogens (tertiary/aromatic N) is 5. The number of fused-ring (bicyclic) bond motifs is 1. The molecule has 0 aliphatic heterocycles. The predicted octanol–water partition coefficient (Wildman–Crippen LogP) is 0.877. The van der Waals surface area contributed by atoms with Crippen LogP contribution in [0.1, 0.15) is 11.4 Å². The van der Waals surface area contributed by atoms with Crippen molar-refractivity contribution in [3.05, 3.63) is 41.9 Å². The number of aromatic amines is 1. The molecule has 5 N–H and O–H groups in total. The van der Waals surface area contributed by atoms with Crippen molar-refractivity contribution in [3.8, 4) is 5.75 Å². The fourth-order valence-corrected chi connectivity index (χ4v) is 2.26. The highest BCUT2D eigenvalue weighted by molar-refractivity contribution is 6.40. The van der Waals surface area contributed by atoms with Crippen molar-refractivity contribution in [2.24, 2.45) is 15.9 Å². The molecule has 2 aromatic heterocycles. The molecular formula is C15H16N8O. The smallest absolute Gasteiger partial charge is 0.221 e. The van der Waals surface area contributed by atoms with Gasteiger partial charge in [-0.2, -0.15) is 10.2 Å². The number of hydrogen-bond donors (Lipinski definition) is 3. The van der Waals surface area contributed by atoms with Crippen LogP contribution in [0.15, 0.2) is 40.6 Å². The molecule has 0 radical (unpaired) electrons. The standard InChI is InChI=1S/C15H16N8O/c1-24-12-4-2-3-10-13(20-15(16)21-14(10)12)11(22-17)8-18-7-9-5-6-19-23-9/h2-6,8H,7,17H2,1H3,(H,19,23)(H2,16,20,21). The van der Waals surface area contributed by atoms with Crippen molar-refractivity contribution < 1.29 is 4.74 Å². The lowest BCUT2D eigenvalue weighted by molar-refractivity contribution is 0.419. The van der Waals surface area contributed by atoms with Crippen LogP contribution in [-0.2, 0) is 6.54 Å². The highest BCUT2D eigenvalue weighted by atomic mass is 16.5. The normalized spacial score (nSPS) is 12.1. The van der Waals surface area contributed by atoms with Gasteiger partial charge < -0.3 is 16.3 Å². The van der Waals surface area contributed by atoms with Crippen LogP contribution in [0.3, 0.4) is 0 Å². The van der Waals surface area contributed by atoms with Crippen LogP contribution in [0.4, 0.5) is 5.95 Å². The van der Waals surface area contributed by atoms with Gasteiger partial charge in [-0.15, -0.1) is 0 Å². The summed E-state index contributed by atoms with van der Waals surface area (Å²) in [4.78, 5) is 12.8. The largest absolute Gasteiger partial charge is 0.494 e. The zero-order chi connectivity index (χ0) is 16.9. The maximum atomic E-state index is 5.82. The first-order valence-electron chi connectivity index (χ1n) is 7.09. The SMILES string of the molecule is COc1cccc2c(C(C=NCc3ccn[nH]3)=NN)nc(N)nc12. The van der Waals surface area contributed by atoms with E-state index in [1.54, 1.807) is 25.6 Å². The number of anilines is 1. The van der Waals surface area contributed by atoms with E-state index in [4.69, 9.17) is 16.3 Å². The Labute approximate surface area is 137 Å². The maximum absolute atomic E-state index is 5.82. The van der Waals surface area contributed by atoms with Crippen molar-refractivity contribution in [3.63, 3.8) is 0 Å². The van der Waals surface area contributed by atoms with Gasteiger partial charge >= 0.3 is 0 Å². The third kappa shape index (κ3) is 3.00. The van der Waals surface area contributed by atoms with Crippen LogP contribution in [0.25, 0.3) is 10.9 Å². The fraction of sp³-hybridized carbons (Fsp3) is 0.133. The molecule has 9 nitrogen and oxygen atoms in total. The maximum Gasteiger partial charge on any atom is 0.221 e. The molecule has 9 heteroatoms. The number of aromatic nitrogens is 4. The Morgan fingerprint density at radius 3 is 2.92 bits per heavy atom. The van der Waals surface area contributed by atoms with Crippen molar-refractivity contribution in [2.75, 3.05) is 12.8 Å². The zero-order valence-electron chi connectivity index (χ0n) is 13.0. The molecule has 0 saturated carbocycles. The summed E-state index contributed by atoms with van der Waals surface area (Å²) in [5.41, 5.74) is 8.16. The molecule has 0 saturated heterocycles. The first-order valence-corrected chi connectivity index (χ1v) is 7.09. The zero-order valence-corrected chi connectivity index (χ0v) is 13.0. The molecule has 0 bridgehead atoms. The Hall–Kier alpha value is -3.49. The third-order valence-corrected chi connectivity index (χ3v) is 3.34. The first kappa shape index (κ1) is 15.4. The van der Waals surface area contributed by atoms with Crippen molar-refractivity contribution in [1.82, 2.24) is 20.2 Å². The first-order chi connectivity index (χ1) is 11.7. The van der Waals surface area contributed by atoms with Gasteiger partial charge in [0.25, 0.3) is 0 Å². The number of benzene rings is 1. The van der Waals surface area contributed by atoms with Crippen LogP contribution in [0, 0.1) is 0 Å². The minimum Gasteiger partial charge on any atom is -0.494 e. The van der Waals surface area contributed by atoms with Crippen molar-refractivity contribution in [2.45, 2.75) is 6.54 Å². The highest BCUT2D eigenvalue weighted by Gasteiger charge is 2.14. The second-order valence-electron chi connectivity index (χ2n) is 4.85. The lowest BCUT2D eigenvalue weighted by Gasteiger charge is -2.09. The van der Waals surface area contributed by atoms with E-state index in [0.29, 0.717) is 29.2 Å². The van der Waals surface area contributed by atoms with Gasteiger partial charge in [0.05, 0.1) is 25.6 Å². The summed E-state index contributed by atoms with van der Waals surface area (Å²) in [6.07, 6.45) is 3.20. The number of nitrogens with one attached hydrogen (secondary N) is 1. The summed E-state index contributed by atoms with van der Waals surface area (Å²) < 4.78 is 5.32. The van der Waals surface area contributed by atoms with Crippen LogP contribution in [-0.4, -0.2) is 39.2 Å². The van der Waals surface area contributed by atoms with Gasteiger partial charge in [-0.25, -0.2) is 9.97 Å². The van der Waals surface area contributed by atoms with Crippen LogP contribution in [0.5, 0.6) is 5.75 Å². The molecule has 2 heterocycles. The van der Waals surface area contributed by atoms with Gasteiger partial charge in [0.15, 0.2) is 0 Å². The predicted molar refractivity (Wildman–Crippen MR) is 92.0 cm³/mol. The molecule has 0 amide bonds. The van der Waals surface area contributed by atoms with Gasteiger partial charge in [0, 0.05) is 11.6 Å². The molecular weight excluding hydrogens is 308 g/mol. The van der Waals surface area contributed by atoms with Gasteiger partial charge in [0.2, 0.25) is 5.95 Å². The molecule has 122 valence electrons. The van der Waals surface area contributed by atoms with Gasteiger partial charge in [0.1, 0.15) is 22.7 Å². The van der Waals surface area contributed by atoms with E-state index in [9.17, 15) is 0 Å². The number of ether oxygens (including phenoxy) is 1. The minimum atomic E-state index is 0.102. The number of H-pyrrole nitrogens is 1. The van der Waals surface area contributed by atoms with E-state index >= 15 is 0 Å². The van der Waals surface area contributed by atoms with E-state index in [-0.39, 0.29) is 5.95 Å². The number of methoxy groups -OCH3 is 1.